The molecule has 9 heteroatoms. The maximum atomic E-state index is 13.4. The van der Waals surface area contributed by atoms with E-state index < -0.39 is 30.0 Å². The molecule has 3 amide bonds. The smallest absolute Gasteiger partial charge is 0.243 e. The molecule has 3 aromatic rings. The van der Waals surface area contributed by atoms with Gasteiger partial charge in [-0.3, -0.25) is 14.4 Å². The summed E-state index contributed by atoms with van der Waals surface area (Å²) < 4.78 is 13.2. The number of nitrogens with two attached hydrogens (primary N) is 1. The first-order chi connectivity index (χ1) is 18.3. The number of fused-ring (bicyclic) bond motifs is 1. The predicted octanol–water partition coefficient (Wildman–Crippen LogP) is 1.68. The molecule has 1 fully saturated rings. The van der Waals surface area contributed by atoms with Gasteiger partial charge in [0.2, 0.25) is 17.7 Å². The van der Waals surface area contributed by atoms with Crippen LogP contribution in [0.5, 0.6) is 0 Å². The minimum Gasteiger partial charge on any atom is -0.390 e. The quantitative estimate of drug-likeness (QED) is 0.324. The van der Waals surface area contributed by atoms with Crippen LogP contribution in [-0.4, -0.2) is 65.5 Å². The number of nitrogens with zero attached hydrogens (tertiary/aromatic N) is 1. The number of amides is 3. The van der Waals surface area contributed by atoms with E-state index >= 15 is 0 Å². The monoisotopic (exact) mass is 520 g/mol. The van der Waals surface area contributed by atoms with Gasteiger partial charge < -0.3 is 26.4 Å². The minimum absolute atomic E-state index is 0.00478. The van der Waals surface area contributed by atoms with E-state index in [1.54, 1.807) is 12.1 Å². The summed E-state index contributed by atoms with van der Waals surface area (Å²) in [4.78, 5) is 41.0. The second kappa shape index (κ2) is 12.6. The molecule has 8 nitrogen and oxygen atoms in total. The molecule has 200 valence electrons. The average molecular weight is 521 g/mol. The third kappa shape index (κ3) is 6.93. The third-order valence-electron chi connectivity index (χ3n) is 6.82. The van der Waals surface area contributed by atoms with Crippen molar-refractivity contribution in [3.63, 3.8) is 0 Å². The SMILES string of the molecule is NCC(O)CNC(=O)[C@@H](Cc1ccc2ccccc2c1)NC(=O)C1CCCN1C(=O)Cc1ccc(F)cc1. The van der Waals surface area contributed by atoms with Crippen molar-refractivity contribution in [1.82, 2.24) is 15.5 Å². The molecule has 4 rings (SSSR count). The zero-order valence-corrected chi connectivity index (χ0v) is 21.1. The number of likely N-dealkylation sites (tertiary alicyclic amines) is 1. The van der Waals surface area contributed by atoms with Gasteiger partial charge in [-0.05, 0) is 46.9 Å². The Bertz CT molecular complexity index is 1280. The van der Waals surface area contributed by atoms with Crippen LogP contribution in [0.3, 0.4) is 0 Å². The Morgan fingerprint density at radius 1 is 1.03 bits per heavy atom. The molecular weight excluding hydrogens is 487 g/mol. The van der Waals surface area contributed by atoms with E-state index in [2.05, 4.69) is 10.6 Å². The number of halogens is 1. The summed E-state index contributed by atoms with van der Waals surface area (Å²) in [7, 11) is 0. The fraction of sp³-hybridized carbons (Fsp3) is 0.345. The molecule has 2 unspecified atom stereocenters. The summed E-state index contributed by atoms with van der Waals surface area (Å²) in [5.41, 5.74) is 6.98. The van der Waals surface area contributed by atoms with E-state index in [1.165, 1.54) is 17.0 Å². The van der Waals surface area contributed by atoms with Gasteiger partial charge in [0.1, 0.15) is 17.9 Å². The number of carbonyl (C=O) groups is 3. The van der Waals surface area contributed by atoms with E-state index in [-0.39, 0.29) is 37.7 Å². The number of rotatable bonds is 10. The van der Waals surface area contributed by atoms with E-state index in [0.717, 1.165) is 16.3 Å². The highest BCUT2D eigenvalue weighted by atomic mass is 19.1. The molecule has 0 aliphatic carbocycles. The maximum absolute atomic E-state index is 13.4. The van der Waals surface area contributed by atoms with Crippen molar-refractivity contribution in [3.8, 4) is 0 Å². The largest absolute Gasteiger partial charge is 0.390 e. The molecule has 5 N–H and O–H groups in total. The molecular formula is C29H33FN4O4. The fourth-order valence-electron chi connectivity index (χ4n) is 4.72. The molecule has 3 aromatic carbocycles. The lowest BCUT2D eigenvalue weighted by Crippen LogP contribution is -2.54. The first-order valence-electron chi connectivity index (χ1n) is 12.8. The van der Waals surface area contributed by atoms with E-state index in [0.29, 0.717) is 24.9 Å². The van der Waals surface area contributed by atoms with Gasteiger partial charge in [0.05, 0.1) is 12.5 Å². The van der Waals surface area contributed by atoms with E-state index in [4.69, 9.17) is 5.73 Å². The van der Waals surface area contributed by atoms with E-state index in [1.807, 2.05) is 42.5 Å². The van der Waals surface area contributed by atoms with Crippen molar-refractivity contribution >= 4 is 28.5 Å². The molecule has 3 atom stereocenters. The molecule has 0 aromatic heterocycles. The highest BCUT2D eigenvalue weighted by Crippen LogP contribution is 2.21. The molecule has 38 heavy (non-hydrogen) atoms. The topological polar surface area (TPSA) is 125 Å². The highest BCUT2D eigenvalue weighted by molar-refractivity contribution is 5.93. The number of nitrogens with one attached hydrogen (secondary N) is 2. The van der Waals surface area contributed by atoms with Crippen molar-refractivity contribution in [2.75, 3.05) is 19.6 Å². The molecule has 1 saturated heterocycles. The second-order valence-electron chi connectivity index (χ2n) is 9.63. The van der Waals surface area contributed by atoms with Gasteiger partial charge in [0.15, 0.2) is 0 Å². The van der Waals surface area contributed by atoms with Crippen molar-refractivity contribution in [2.45, 2.75) is 43.9 Å². The number of benzene rings is 3. The number of aliphatic hydroxyl groups is 1. The van der Waals surface area contributed by atoms with Gasteiger partial charge in [-0.2, -0.15) is 0 Å². The third-order valence-corrected chi connectivity index (χ3v) is 6.82. The molecule has 0 saturated carbocycles. The fourth-order valence-corrected chi connectivity index (χ4v) is 4.72. The predicted molar refractivity (Wildman–Crippen MR) is 142 cm³/mol. The maximum Gasteiger partial charge on any atom is 0.243 e. The van der Waals surface area contributed by atoms with Gasteiger partial charge in [0, 0.05) is 26.1 Å². The van der Waals surface area contributed by atoms with Crippen LogP contribution in [-0.2, 0) is 27.2 Å². The Morgan fingerprint density at radius 3 is 2.47 bits per heavy atom. The number of carbonyl (C=O) groups excluding carboxylic acids is 3. The summed E-state index contributed by atoms with van der Waals surface area (Å²) in [5, 5.41) is 17.4. The van der Waals surface area contributed by atoms with Crippen LogP contribution in [0.1, 0.15) is 24.0 Å². The Hall–Kier alpha value is -3.82. The van der Waals surface area contributed by atoms with Gasteiger partial charge in [-0.25, -0.2) is 4.39 Å². The van der Waals surface area contributed by atoms with Crippen molar-refractivity contribution < 1.29 is 23.9 Å². The van der Waals surface area contributed by atoms with Crippen molar-refractivity contribution in [2.24, 2.45) is 5.73 Å². The molecule has 0 spiro atoms. The first kappa shape index (κ1) is 27.2. The van der Waals surface area contributed by atoms with Gasteiger partial charge in [0.25, 0.3) is 0 Å². The van der Waals surface area contributed by atoms with Crippen LogP contribution in [0.15, 0.2) is 66.7 Å². The molecule has 1 heterocycles. The Labute approximate surface area is 221 Å². The normalized spacial score (nSPS) is 16.7. The summed E-state index contributed by atoms with van der Waals surface area (Å²) in [6.07, 6.45) is 0.541. The lowest BCUT2D eigenvalue weighted by atomic mass is 10.0. The second-order valence-corrected chi connectivity index (χ2v) is 9.63. The summed E-state index contributed by atoms with van der Waals surface area (Å²) in [6, 6.07) is 17.8. The molecule has 1 aliphatic rings. The van der Waals surface area contributed by atoms with E-state index in [9.17, 15) is 23.9 Å². The van der Waals surface area contributed by atoms with Gasteiger partial charge in [-0.1, -0.05) is 54.6 Å². The average Bonchev–Trinajstić information content (AvgIpc) is 3.43. The lowest BCUT2D eigenvalue weighted by molar-refractivity contribution is -0.139. The van der Waals surface area contributed by atoms with Crippen LogP contribution in [0, 0.1) is 5.82 Å². The zero-order valence-electron chi connectivity index (χ0n) is 21.1. The highest BCUT2D eigenvalue weighted by Gasteiger charge is 2.35. The lowest BCUT2D eigenvalue weighted by Gasteiger charge is -2.27. The first-order valence-corrected chi connectivity index (χ1v) is 12.8. The summed E-state index contributed by atoms with van der Waals surface area (Å²) in [6.45, 7) is 0.392. The summed E-state index contributed by atoms with van der Waals surface area (Å²) >= 11 is 0. The standard InChI is InChI=1S/C29H33FN4O4/c30-23-11-8-19(9-12-23)16-27(36)34-13-3-6-26(34)29(38)33-25(28(37)32-18-24(35)17-31)15-20-7-10-21-4-1-2-5-22(21)14-20/h1-2,4-5,7-12,14,24-26,35H,3,6,13,15-18,31H2,(H,32,37)(H,33,38)/t24?,25-,26?/m1/s1. The Kier molecular flexibility index (Phi) is 9.04. The van der Waals surface area contributed by atoms with Crippen LogP contribution < -0.4 is 16.4 Å². The number of aliphatic hydroxyl groups excluding tert-OH is 1. The van der Waals surface area contributed by atoms with Gasteiger partial charge >= 0.3 is 0 Å². The Balaban J connectivity index is 1.47. The van der Waals surface area contributed by atoms with Crippen LogP contribution in [0.25, 0.3) is 10.8 Å². The summed E-state index contributed by atoms with van der Waals surface area (Å²) in [5.74, 6) is -1.46. The number of hydrogen-bond acceptors (Lipinski definition) is 5. The van der Waals surface area contributed by atoms with Crippen LogP contribution in [0.2, 0.25) is 0 Å². The Morgan fingerprint density at radius 2 is 1.74 bits per heavy atom. The molecule has 0 bridgehead atoms. The molecule has 0 radical (unpaired) electrons. The minimum atomic E-state index is -0.914. The van der Waals surface area contributed by atoms with Crippen LogP contribution in [0.4, 0.5) is 4.39 Å². The number of hydrogen-bond donors (Lipinski definition) is 4. The molecule has 1 aliphatic heterocycles. The van der Waals surface area contributed by atoms with Gasteiger partial charge in [-0.15, -0.1) is 0 Å². The van der Waals surface area contributed by atoms with Crippen molar-refractivity contribution in [3.05, 3.63) is 83.7 Å². The zero-order chi connectivity index (χ0) is 27.1. The van der Waals surface area contributed by atoms with Crippen molar-refractivity contribution in [1.29, 1.82) is 0 Å². The van der Waals surface area contributed by atoms with Crippen LogP contribution >= 0.6 is 0 Å².